The molecule has 4 aliphatic rings. The van der Waals surface area contributed by atoms with Crippen molar-refractivity contribution in [1.82, 2.24) is 20.0 Å². The van der Waals surface area contributed by atoms with Gasteiger partial charge in [-0.1, -0.05) is 12.1 Å². The van der Waals surface area contributed by atoms with Gasteiger partial charge in [0, 0.05) is 25.4 Å². The highest BCUT2D eigenvalue weighted by molar-refractivity contribution is 5.90. The van der Waals surface area contributed by atoms with Crippen LogP contribution in [0.5, 0.6) is 5.75 Å². The Labute approximate surface area is 158 Å². The SMILES string of the molecule is COc1ccc([C@H]2CN(C(=O)c3nnc(C)o3)[C@H]3C4CCN(CC4)[C@@H]23)cc1. The Bertz CT molecular complexity index is 841. The Balaban J connectivity index is 1.50. The zero-order valence-electron chi connectivity index (χ0n) is 15.7. The van der Waals surface area contributed by atoms with Crippen LogP contribution < -0.4 is 4.74 Å². The average molecular weight is 368 g/mol. The second-order valence-corrected chi connectivity index (χ2v) is 7.82. The van der Waals surface area contributed by atoms with E-state index in [-0.39, 0.29) is 23.8 Å². The number of carbonyl (C=O) groups is 1. The first-order chi connectivity index (χ1) is 13.2. The van der Waals surface area contributed by atoms with E-state index in [1.807, 2.05) is 17.0 Å². The number of carbonyl (C=O) groups excluding carboxylic acids is 1. The molecule has 2 aromatic rings. The average Bonchev–Trinajstić information content (AvgIpc) is 3.34. The summed E-state index contributed by atoms with van der Waals surface area (Å²) in [7, 11) is 1.68. The lowest BCUT2D eigenvalue weighted by Crippen LogP contribution is -2.60. The van der Waals surface area contributed by atoms with Gasteiger partial charge >= 0.3 is 11.8 Å². The number of nitrogens with zero attached hydrogens (tertiary/aromatic N) is 4. The van der Waals surface area contributed by atoms with Crippen molar-refractivity contribution >= 4 is 5.91 Å². The Hall–Kier alpha value is -2.41. The molecule has 0 unspecified atom stereocenters. The molecule has 0 spiro atoms. The van der Waals surface area contributed by atoms with E-state index in [0.717, 1.165) is 31.7 Å². The second-order valence-electron chi connectivity index (χ2n) is 7.82. The fourth-order valence-corrected chi connectivity index (χ4v) is 5.30. The summed E-state index contributed by atoms with van der Waals surface area (Å²) in [4.78, 5) is 17.7. The van der Waals surface area contributed by atoms with Crippen LogP contribution in [0.4, 0.5) is 0 Å². The summed E-state index contributed by atoms with van der Waals surface area (Å²) in [6.07, 6.45) is 2.31. The molecule has 4 saturated heterocycles. The third-order valence-corrected chi connectivity index (χ3v) is 6.51. The van der Waals surface area contributed by atoms with Gasteiger partial charge in [-0.15, -0.1) is 10.2 Å². The first-order valence-corrected chi connectivity index (χ1v) is 9.65. The summed E-state index contributed by atoms with van der Waals surface area (Å²) < 4.78 is 10.7. The fraction of sp³-hybridized carbons (Fsp3) is 0.550. The van der Waals surface area contributed by atoms with Crippen LogP contribution in [0.2, 0.25) is 0 Å². The summed E-state index contributed by atoms with van der Waals surface area (Å²) in [6.45, 7) is 4.65. The molecule has 3 atom stereocenters. The molecule has 6 rings (SSSR count). The van der Waals surface area contributed by atoms with Gasteiger partial charge in [0.05, 0.1) is 13.2 Å². The van der Waals surface area contributed by atoms with E-state index in [4.69, 9.17) is 9.15 Å². The molecule has 4 fully saturated rings. The van der Waals surface area contributed by atoms with E-state index >= 15 is 0 Å². The third kappa shape index (κ3) is 2.64. The van der Waals surface area contributed by atoms with Gasteiger partial charge in [0.2, 0.25) is 5.89 Å². The number of ether oxygens (including phenoxy) is 1. The van der Waals surface area contributed by atoms with E-state index in [9.17, 15) is 4.79 Å². The number of hydrogen-bond acceptors (Lipinski definition) is 6. The number of amides is 1. The Morgan fingerprint density at radius 3 is 2.52 bits per heavy atom. The smallest absolute Gasteiger partial charge is 0.311 e. The number of fused-ring (bicyclic) bond motifs is 2. The van der Waals surface area contributed by atoms with Gasteiger partial charge in [-0.25, -0.2) is 0 Å². The van der Waals surface area contributed by atoms with Crippen LogP contribution in [-0.4, -0.2) is 64.7 Å². The van der Waals surface area contributed by atoms with Gasteiger partial charge in [0.25, 0.3) is 0 Å². The maximum atomic E-state index is 13.2. The predicted octanol–water partition coefficient (Wildman–Crippen LogP) is 2.09. The molecule has 27 heavy (non-hydrogen) atoms. The minimum absolute atomic E-state index is 0.109. The van der Waals surface area contributed by atoms with Crippen molar-refractivity contribution in [2.45, 2.75) is 37.8 Å². The van der Waals surface area contributed by atoms with Gasteiger partial charge in [0.15, 0.2) is 0 Å². The molecule has 1 aromatic carbocycles. The van der Waals surface area contributed by atoms with Crippen LogP contribution in [0, 0.1) is 12.8 Å². The summed E-state index contributed by atoms with van der Waals surface area (Å²) in [5.74, 6) is 2.10. The molecule has 1 amide bonds. The van der Waals surface area contributed by atoms with Crippen molar-refractivity contribution in [3.63, 3.8) is 0 Å². The van der Waals surface area contributed by atoms with Crippen LogP contribution in [0.1, 0.15) is 40.9 Å². The van der Waals surface area contributed by atoms with Crippen molar-refractivity contribution in [3.8, 4) is 5.75 Å². The number of rotatable bonds is 3. The minimum Gasteiger partial charge on any atom is -0.497 e. The largest absolute Gasteiger partial charge is 0.497 e. The molecule has 0 saturated carbocycles. The summed E-state index contributed by atoms with van der Waals surface area (Å²) in [5.41, 5.74) is 1.26. The highest BCUT2D eigenvalue weighted by atomic mass is 16.5. The van der Waals surface area contributed by atoms with Crippen LogP contribution in [0.15, 0.2) is 28.7 Å². The van der Waals surface area contributed by atoms with Crippen molar-refractivity contribution < 1.29 is 13.9 Å². The Kier molecular flexibility index (Phi) is 3.93. The molecule has 1 aromatic heterocycles. The van der Waals surface area contributed by atoms with E-state index in [1.165, 1.54) is 5.56 Å². The maximum absolute atomic E-state index is 13.2. The normalized spacial score (nSPS) is 31.8. The van der Waals surface area contributed by atoms with E-state index < -0.39 is 0 Å². The van der Waals surface area contributed by atoms with E-state index in [0.29, 0.717) is 24.4 Å². The van der Waals surface area contributed by atoms with E-state index in [1.54, 1.807) is 14.0 Å². The summed E-state index contributed by atoms with van der Waals surface area (Å²) in [6, 6.07) is 8.86. The number of methoxy groups -OCH3 is 1. The Morgan fingerprint density at radius 2 is 1.89 bits per heavy atom. The zero-order valence-corrected chi connectivity index (χ0v) is 15.7. The quantitative estimate of drug-likeness (QED) is 0.826. The number of likely N-dealkylation sites (tertiary alicyclic amines) is 1. The van der Waals surface area contributed by atoms with Crippen molar-refractivity contribution in [1.29, 1.82) is 0 Å². The lowest BCUT2D eigenvalue weighted by atomic mass is 9.75. The zero-order chi connectivity index (χ0) is 18.5. The van der Waals surface area contributed by atoms with Crippen LogP contribution in [0.3, 0.4) is 0 Å². The highest BCUT2D eigenvalue weighted by Gasteiger charge is 2.55. The van der Waals surface area contributed by atoms with Gasteiger partial charge in [-0.2, -0.15) is 0 Å². The first-order valence-electron chi connectivity index (χ1n) is 9.65. The number of hydrogen-bond donors (Lipinski definition) is 0. The van der Waals surface area contributed by atoms with Gasteiger partial charge < -0.3 is 14.1 Å². The van der Waals surface area contributed by atoms with Gasteiger partial charge in [-0.05, 0) is 49.5 Å². The second kappa shape index (κ2) is 6.34. The standard InChI is InChI=1S/C20H24N4O3/c1-12-21-22-19(27-12)20(25)24-11-16(13-3-5-15(26-2)6-4-13)18-17(24)14-7-9-23(18)10-8-14/h3-6,14,16-18H,7-11H2,1-2H3/t16-,17+,18+/m1/s1. The minimum atomic E-state index is -0.129. The first kappa shape index (κ1) is 16.7. The predicted molar refractivity (Wildman–Crippen MR) is 97.7 cm³/mol. The molecule has 0 aliphatic carbocycles. The lowest BCUT2D eigenvalue weighted by molar-refractivity contribution is -0.00456. The topological polar surface area (TPSA) is 71.7 Å². The van der Waals surface area contributed by atoms with Crippen LogP contribution in [-0.2, 0) is 0 Å². The lowest BCUT2D eigenvalue weighted by Gasteiger charge is -2.51. The van der Waals surface area contributed by atoms with E-state index in [2.05, 4.69) is 27.2 Å². The molecule has 5 heterocycles. The third-order valence-electron chi connectivity index (χ3n) is 6.51. The van der Waals surface area contributed by atoms with Crippen molar-refractivity contribution in [3.05, 3.63) is 41.6 Å². The number of aryl methyl sites for hydroxylation is 1. The Morgan fingerprint density at radius 1 is 1.15 bits per heavy atom. The summed E-state index contributed by atoms with van der Waals surface area (Å²) in [5, 5.41) is 7.81. The molecule has 0 radical (unpaired) electrons. The molecule has 7 nitrogen and oxygen atoms in total. The molecular weight excluding hydrogens is 344 g/mol. The molecule has 4 aliphatic heterocycles. The molecule has 0 N–H and O–H groups in total. The van der Waals surface area contributed by atoms with Gasteiger partial charge in [-0.3, -0.25) is 9.69 Å². The van der Waals surface area contributed by atoms with Crippen LogP contribution >= 0.6 is 0 Å². The van der Waals surface area contributed by atoms with Crippen LogP contribution in [0.25, 0.3) is 0 Å². The molecule has 142 valence electrons. The molecule has 7 heteroatoms. The number of aromatic nitrogens is 2. The number of piperidine rings is 3. The maximum Gasteiger partial charge on any atom is 0.311 e. The monoisotopic (exact) mass is 368 g/mol. The highest BCUT2D eigenvalue weighted by Crippen LogP contribution is 2.47. The summed E-state index contributed by atoms with van der Waals surface area (Å²) >= 11 is 0. The molecule has 2 bridgehead atoms. The van der Waals surface area contributed by atoms with Crippen molar-refractivity contribution in [2.75, 3.05) is 26.7 Å². The number of benzene rings is 1. The molecular formula is C20H24N4O3. The van der Waals surface area contributed by atoms with Crippen molar-refractivity contribution in [2.24, 2.45) is 5.92 Å². The fourth-order valence-electron chi connectivity index (χ4n) is 5.30. The van der Waals surface area contributed by atoms with Gasteiger partial charge in [0.1, 0.15) is 5.75 Å².